The molecule has 0 aromatic heterocycles. The number of amides is 1. The van der Waals surface area contributed by atoms with Gasteiger partial charge >= 0.3 is 0 Å². The lowest BCUT2D eigenvalue weighted by Crippen LogP contribution is -2.48. The summed E-state index contributed by atoms with van der Waals surface area (Å²) >= 11 is 5.03. The molecule has 19 heavy (non-hydrogen) atoms. The van der Waals surface area contributed by atoms with E-state index in [0.717, 1.165) is 12.0 Å². The van der Waals surface area contributed by atoms with E-state index < -0.39 is 5.92 Å². The van der Waals surface area contributed by atoms with Crippen LogP contribution in [0.4, 0.5) is 0 Å². The van der Waals surface area contributed by atoms with Crippen LogP contribution in [0, 0.1) is 5.92 Å². The Morgan fingerprint density at radius 2 is 1.95 bits per heavy atom. The second-order valence-corrected chi connectivity index (χ2v) is 5.84. The molecule has 4 heteroatoms. The topological polar surface area (TPSA) is 55.1 Å². The van der Waals surface area contributed by atoms with Gasteiger partial charge < -0.3 is 11.1 Å². The molecule has 1 aromatic carbocycles. The Bertz CT molecular complexity index is 443. The maximum absolute atomic E-state index is 12.3. The highest BCUT2D eigenvalue weighted by molar-refractivity contribution is 7.80. The number of nitrogens with one attached hydrogen (secondary N) is 1. The van der Waals surface area contributed by atoms with Gasteiger partial charge in [-0.25, -0.2) is 0 Å². The highest BCUT2D eigenvalue weighted by Crippen LogP contribution is 2.13. The first kappa shape index (κ1) is 15.6. The third kappa shape index (κ3) is 4.99. The SMILES string of the molecule is CCC(C)(C)NC(=O)C(Cc1ccccc1)C(N)=S. The summed E-state index contributed by atoms with van der Waals surface area (Å²) in [5.41, 5.74) is 6.54. The third-order valence-corrected chi connectivity index (χ3v) is 3.57. The van der Waals surface area contributed by atoms with Crippen molar-refractivity contribution in [1.82, 2.24) is 5.32 Å². The summed E-state index contributed by atoms with van der Waals surface area (Å²) in [6.45, 7) is 6.02. The Morgan fingerprint density at radius 3 is 2.42 bits per heavy atom. The molecule has 104 valence electrons. The van der Waals surface area contributed by atoms with Crippen LogP contribution in [0.5, 0.6) is 0 Å². The quantitative estimate of drug-likeness (QED) is 0.786. The van der Waals surface area contributed by atoms with Crippen molar-refractivity contribution in [2.75, 3.05) is 0 Å². The summed E-state index contributed by atoms with van der Waals surface area (Å²) in [6.07, 6.45) is 1.40. The van der Waals surface area contributed by atoms with Crippen molar-refractivity contribution in [1.29, 1.82) is 0 Å². The fourth-order valence-electron chi connectivity index (χ4n) is 1.68. The summed E-state index contributed by atoms with van der Waals surface area (Å²) in [4.78, 5) is 12.5. The molecule has 0 heterocycles. The van der Waals surface area contributed by atoms with Crippen molar-refractivity contribution in [3.05, 3.63) is 35.9 Å². The molecule has 1 amide bonds. The molecule has 0 saturated heterocycles. The van der Waals surface area contributed by atoms with Crippen molar-refractivity contribution in [3.8, 4) is 0 Å². The highest BCUT2D eigenvalue weighted by atomic mass is 32.1. The minimum Gasteiger partial charge on any atom is -0.393 e. The maximum atomic E-state index is 12.3. The first-order chi connectivity index (χ1) is 8.85. The van der Waals surface area contributed by atoms with Crippen molar-refractivity contribution >= 4 is 23.1 Å². The second kappa shape index (κ2) is 6.66. The van der Waals surface area contributed by atoms with Crippen LogP contribution in [0.3, 0.4) is 0 Å². The van der Waals surface area contributed by atoms with Crippen LogP contribution in [-0.2, 0) is 11.2 Å². The number of hydrogen-bond acceptors (Lipinski definition) is 2. The van der Waals surface area contributed by atoms with Gasteiger partial charge in [0.15, 0.2) is 0 Å². The van der Waals surface area contributed by atoms with Crippen molar-refractivity contribution in [3.63, 3.8) is 0 Å². The minimum atomic E-state index is -0.455. The zero-order valence-corrected chi connectivity index (χ0v) is 12.6. The number of hydrogen-bond donors (Lipinski definition) is 2. The number of carbonyl (C=O) groups excluding carboxylic acids is 1. The summed E-state index contributed by atoms with van der Waals surface area (Å²) in [5.74, 6) is -0.550. The van der Waals surface area contributed by atoms with Crippen LogP contribution in [-0.4, -0.2) is 16.4 Å². The Morgan fingerprint density at radius 1 is 1.37 bits per heavy atom. The molecule has 1 aromatic rings. The van der Waals surface area contributed by atoms with Crippen LogP contribution in [0.2, 0.25) is 0 Å². The van der Waals surface area contributed by atoms with Crippen LogP contribution < -0.4 is 11.1 Å². The smallest absolute Gasteiger partial charge is 0.230 e. The van der Waals surface area contributed by atoms with Crippen molar-refractivity contribution in [2.24, 2.45) is 11.7 Å². The average Bonchev–Trinajstić information content (AvgIpc) is 2.36. The Balaban J connectivity index is 2.78. The second-order valence-electron chi connectivity index (χ2n) is 5.37. The molecule has 0 spiro atoms. The van der Waals surface area contributed by atoms with Gasteiger partial charge in [-0.05, 0) is 32.3 Å². The largest absolute Gasteiger partial charge is 0.393 e. The van der Waals surface area contributed by atoms with Gasteiger partial charge in [0, 0.05) is 5.54 Å². The van der Waals surface area contributed by atoms with Gasteiger partial charge in [-0.2, -0.15) is 0 Å². The van der Waals surface area contributed by atoms with Crippen LogP contribution in [0.15, 0.2) is 30.3 Å². The van der Waals surface area contributed by atoms with Gasteiger partial charge in [0.1, 0.15) is 0 Å². The van der Waals surface area contributed by atoms with Crippen molar-refractivity contribution < 1.29 is 4.79 Å². The molecular formula is C15H22N2OS. The molecule has 0 aliphatic rings. The highest BCUT2D eigenvalue weighted by Gasteiger charge is 2.26. The molecule has 3 N–H and O–H groups in total. The van der Waals surface area contributed by atoms with Gasteiger partial charge in [-0.15, -0.1) is 0 Å². The van der Waals surface area contributed by atoms with E-state index in [1.807, 2.05) is 51.1 Å². The molecular weight excluding hydrogens is 256 g/mol. The monoisotopic (exact) mass is 278 g/mol. The van der Waals surface area contributed by atoms with Gasteiger partial charge in [0.05, 0.1) is 10.9 Å². The van der Waals surface area contributed by atoms with Crippen LogP contribution in [0.1, 0.15) is 32.8 Å². The lowest BCUT2D eigenvalue weighted by Gasteiger charge is -2.27. The average molecular weight is 278 g/mol. The minimum absolute atomic E-state index is 0.0943. The lowest BCUT2D eigenvalue weighted by atomic mass is 9.95. The van der Waals surface area contributed by atoms with E-state index in [-0.39, 0.29) is 16.4 Å². The number of benzene rings is 1. The van der Waals surface area contributed by atoms with Crippen LogP contribution in [0.25, 0.3) is 0 Å². The molecule has 0 saturated carbocycles. The lowest BCUT2D eigenvalue weighted by molar-refractivity contribution is -0.124. The van der Waals surface area contributed by atoms with Gasteiger partial charge in [-0.1, -0.05) is 49.5 Å². The zero-order valence-electron chi connectivity index (χ0n) is 11.8. The molecule has 1 rings (SSSR count). The standard InChI is InChI=1S/C15H22N2OS/c1-4-15(2,3)17-14(18)12(13(16)19)10-11-8-6-5-7-9-11/h5-9,12H,4,10H2,1-3H3,(H2,16,19)(H,17,18). The summed E-state index contributed by atoms with van der Waals surface area (Å²) in [5, 5.41) is 3.00. The molecule has 1 unspecified atom stereocenters. The predicted molar refractivity (Wildman–Crippen MR) is 82.9 cm³/mol. The third-order valence-electron chi connectivity index (χ3n) is 3.29. The molecule has 0 bridgehead atoms. The van der Waals surface area contributed by atoms with Gasteiger partial charge in [0.2, 0.25) is 5.91 Å². The van der Waals surface area contributed by atoms with Gasteiger partial charge in [-0.3, -0.25) is 4.79 Å². The first-order valence-corrected chi connectivity index (χ1v) is 6.92. The fourth-order valence-corrected chi connectivity index (χ4v) is 1.87. The normalized spacial score (nSPS) is 12.8. The number of nitrogens with two attached hydrogens (primary N) is 1. The van der Waals surface area contributed by atoms with E-state index in [4.69, 9.17) is 18.0 Å². The number of thiocarbonyl (C=S) groups is 1. The van der Waals surface area contributed by atoms with Gasteiger partial charge in [0.25, 0.3) is 0 Å². The van der Waals surface area contributed by atoms with E-state index in [0.29, 0.717) is 6.42 Å². The maximum Gasteiger partial charge on any atom is 0.230 e. The first-order valence-electron chi connectivity index (χ1n) is 6.51. The van der Waals surface area contributed by atoms with E-state index in [1.165, 1.54) is 0 Å². The summed E-state index contributed by atoms with van der Waals surface area (Å²) in [6, 6.07) is 9.78. The number of carbonyl (C=O) groups is 1. The van der Waals surface area contributed by atoms with E-state index in [1.54, 1.807) is 0 Å². The molecule has 0 fully saturated rings. The van der Waals surface area contributed by atoms with E-state index in [2.05, 4.69) is 5.32 Å². The molecule has 1 atom stereocenters. The summed E-state index contributed by atoms with van der Waals surface area (Å²) in [7, 11) is 0. The predicted octanol–water partition coefficient (Wildman–Crippen LogP) is 2.44. The molecule has 0 aliphatic heterocycles. The Hall–Kier alpha value is -1.42. The van der Waals surface area contributed by atoms with E-state index in [9.17, 15) is 4.79 Å². The van der Waals surface area contributed by atoms with Crippen LogP contribution >= 0.6 is 12.2 Å². The molecule has 0 radical (unpaired) electrons. The zero-order chi connectivity index (χ0) is 14.5. The fraction of sp³-hybridized carbons (Fsp3) is 0.467. The number of rotatable bonds is 6. The van der Waals surface area contributed by atoms with Crippen molar-refractivity contribution in [2.45, 2.75) is 39.2 Å². The Kier molecular flexibility index (Phi) is 5.48. The molecule has 3 nitrogen and oxygen atoms in total. The molecule has 0 aliphatic carbocycles. The van der Waals surface area contributed by atoms with E-state index >= 15 is 0 Å². The Labute approximate surface area is 120 Å². The summed E-state index contributed by atoms with van der Waals surface area (Å²) < 4.78 is 0.